The number of carbonyl (C=O) groups is 1. The average Bonchev–Trinajstić information content (AvgIpc) is 2.60. The number of rotatable bonds is 7. The molecule has 2 rings (SSSR count). The fourth-order valence-corrected chi connectivity index (χ4v) is 3.44. The topological polar surface area (TPSA) is 80.7 Å². The van der Waals surface area contributed by atoms with Gasteiger partial charge in [-0.2, -0.15) is 13.2 Å². The van der Waals surface area contributed by atoms with Crippen LogP contribution in [-0.2, 0) is 27.2 Å². The minimum Gasteiger partial charge on any atom is -0.481 e. The van der Waals surface area contributed by atoms with Gasteiger partial charge >= 0.3 is 12.1 Å². The highest BCUT2D eigenvalue weighted by Gasteiger charge is 2.36. The first-order chi connectivity index (χ1) is 12.9. The fraction of sp³-hybridized carbons (Fsp3) is 0.278. The van der Waals surface area contributed by atoms with Gasteiger partial charge in [-0.25, -0.2) is 8.42 Å². The maximum Gasteiger partial charge on any atom is 0.420 e. The highest BCUT2D eigenvalue weighted by molar-refractivity contribution is 7.91. The molecule has 0 aliphatic heterocycles. The molecule has 0 bridgehead atoms. The van der Waals surface area contributed by atoms with Gasteiger partial charge in [-0.3, -0.25) is 4.79 Å². The first-order valence-corrected chi connectivity index (χ1v) is 10.1. The summed E-state index contributed by atoms with van der Waals surface area (Å²) >= 11 is 5.88. The molecule has 0 aliphatic carbocycles. The highest BCUT2D eigenvalue weighted by atomic mass is 35.5. The zero-order valence-electron chi connectivity index (χ0n) is 14.6. The summed E-state index contributed by atoms with van der Waals surface area (Å²) in [5, 5.41) is 9.01. The molecule has 0 fully saturated rings. The van der Waals surface area contributed by atoms with Crippen molar-refractivity contribution in [3.8, 4) is 11.5 Å². The standard InChI is InChI=1S/C18H16ClF3O5S/c1-2-28(25,26)13-6-7-15(14(10-13)18(20,21)22)27-16-9-12(19)5-3-11(16)4-8-17(23)24/h3,5-7,9-10H,2,4,8H2,1H3,(H,23,24). The van der Waals surface area contributed by atoms with Gasteiger partial charge in [0.15, 0.2) is 9.84 Å². The third-order valence-electron chi connectivity index (χ3n) is 3.85. The molecule has 0 spiro atoms. The van der Waals surface area contributed by atoms with Crippen LogP contribution < -0.4 is 4.74 Å². The van der Waals surface area contributed by atoms with Crippen molar-refractivity contribution in [3.63, 3.8) is 0 Å². The molecule has 5 nitrogen and oxygen atoms in total. The molecule has 0 amide bonds. The molecule has 0 aliphatic rings. The van der Waals surface area contributed by atoms with Crippen molar-refractivity contribution in [2.45, 2.75) is 30.8 Å². The van der Waals surface area contributed by atoms with Crippen molar-refractivity contribution in [2.24, 2.45) is 0 Å². The second kappa shape index (κ2) is 8.40. The van der Waals surface area contributed by atoms with Gasteiger partial charge in [0.25, 0.3) is 0 Å². The smallest absolute Gasteiger partial charge is 0.420 e. The Morgan fingerprint density at radius 3 is 2.39 bits per heavy atom. The molecule has 28 heavy (non-hydrogen) atoms. The number of ether oxygens (including phenoxy) is 1. The molecule has 0 unspecified atom stereocenters. The molecule has 0 radical (unpaired) electrons. The Kier molecular flexibility index (Phi) is 6.61. The van der Waals surface area contributed by atoms with Crippen molar-refractivity contribution in [1.29, 1.82) is 0 Å². The molecule has 2 aromatic rings. The second-order valence-corrected chi connectivity index (χ2v) is 8.52. The lowest BCUT2D eigenvalue weighted by atomic mass is 10.1. The molecule has 152 valence electrons. The van der Waals surface area contributed by atoms with E-state index in [4.69, 9.17) is 21.4 Å². The minimum absolute atomic E-state index is 0.0193. The van der Waals surface area contributed by atoms with Crippen LogP contribution in [-0.4, -0.2) is 25.2 Å². The third-order valence-corrected chi connectivity index (χ3v) is 5.82. The van der Waals surface area contributed by atoms with Crippen molar-refractivity contribution >= 4 is 27.4 Å². The lowest BCUT2D eigenvalue weighted by Crippen LogP contribution is -2.11. The second-order valence-electron chi connectivity index (χ2n) is 5.81. The zero-order valence-corrected chi connectivity index (χ0v) is 16.2. The SMILES string of the molecule is CCS(=O)(=O)c1ccc(Oc2cc(Cl)ccc2CCC(=O)O)c(C(F)(F)F)c1. The van der Waals surface area contributed by atoms with Gasteiger partial charge in [0.05, 0.1) is 16.2 Å². The van der Waals surface area contributed by atoms with Gasteiger partial charge in [-0.05, 0) is 42.3 Å². The molecule has 0 aromatic heterocycles. The van der Waals surface area contributed by atoms with Crippen LogP contribution in [0.25, 0.3) is 0 Å². The van der Waals surface area contributed by atoms with Crippen molar-refractivity contribution in [2.75, 3.05) is 5.75 Å². The van der Waals surface area contributed by atoms with E-state index in [1.54, 1.807) is 0 Å². The monoisotopic (exact) mass is 436 g/mol. The van der Waals surface area contributed by atoms with E-state index in [2.05, 4.69) is 0 Å². The number of aliphatic carboxylic acids is 1. The number of carboxylic acid groups (broad SMARTS) is 1. The van der Waals surface area contributed by atoms with Crippen molar-refractivity contribution in [3.05, 3.63) is 52.5 Å². The summed E-state index contributed by atoms with van der Waals surface area (Å²) in [6.45, 7) is 1.33. The molecule has 0 heterocycles. The maximum absolute atomic E-state index is 13.5. The molecule has 0 saturated carbocycles. The zero-order chi connectivity index (χ0) is 21.1. The summed E-state index contributed by atoms with van der Waals surface area (Å²) in [5.74, 6) is -2.07. The number of hydrogen-bond donors (Lipinski definition) is 1. The number of sulfone groups is 1. The van der Waals surface area contributed by atoms with Crippen LogP contribution in [0.2, 0.25) is 5.02 Å². The Morgan fingerprint density at radius 2 is 1.82 bits per heavy atom. The van der Waals surface area contributed by atoms with E-state index in [-0.39, 0.29) is 29.4 Å². The fourth-order valence-electron chi connectivity index (χ4n) is 2.37. The number of aryl methyl sites for hydroxylation is 1. The summed E-state index contributed by atoms with van der Waals surface area (Å²) in [4.78, 5) is 10.3. The van der Waals surface area contributed by atoms with Crippen LogP contribution in [0.4, 0.5) is 13.2 Å². The van der Waals surface area contributed by atoms with Crippen LogP contribution in [0.1, 0.15) is 24.5 Å². The van der Waals surface area contributed by atoms with Crippen LogP contribution >= 0.6 is 11.6 Å². The van der Waals surface area contributed by atoms with Gasteiger partial charge in [0.2, 0.25) is 0 Å². The van der Waals surface area contributed by atoms with Gasteiger partial charge in [0.1, 0.15) is 11.5 Å². The van der Waals surface area contributed by atoms with E-state index in [0.717, 1.165) is 12.1 Å². The van der Waals surface area contributed by atoms with Gasteiger partial charge < -0.3 is 9.84 Å². The normalized spacial score (nSPS) is 12.0. The van der Waals surface area contributed by atoms with Crippen LogP contribution in [0.3, 0.4) is 0 Å². The molecule has 2 aromatic carbocycles. The summed E-state index contributed by atoms with van der Waals surface area (Å²) in [6, 6.07) is 6.68. The van der Waals surface area contributed by atoms with E-state index >= 15 is 0 Å². The largest absolute Gasteiger partial charge is 0.481 e. The lowest BCUT2D eigenvalue weighted by Gasteiger charge is -2.17. The molecule has 0 saturated heterocycles. The maximum atomic E-state index is 13.5. The van der Waals surface area contributed by atoms with Crippen LogP contribution in [0, 0.1) is 0 Å². The van der Waals surface area contributed by atoms with Crippen LogP contribution in [0.15, 0.2) is 41.3 Å². The van der Waals surface area contributed by atoms with E-state index in [9.17, 15) is 26.4 Å². The number of benzene rings is 2. The van der Waals surface area contributed by atoms with E-state index in [1.807, 2.05) is 0 Å². The first-order valence-electron chi connectivity index (χ1n) is 8.06. The summed E-state index contributed by atoms with van der Waals surface area (Å²) in [6.07, 6.45) is -5.10. The number of hydrogen-bond acceptors (Lipinski definition) is 4. The Morgan fingerprint density at radius 1 is 1.14 bits per heavy atom. The Balaban J connectivity index is 2.52. The minimum atomic E-state index is -4.87. The first kappa shape index (κ1) is 22.0. The highest BCUT2D eigenvalue weighted by Crippen LogP contribution is 2.40. The Labute approximate surface area is 164 Å². The van der Waals surface area contributed by atoms with E-state index < -0.39 is 38.2 Å². The van der Waals surface area contributed by atoms with E-state index in [1.165, 1.54) is 25.1 Å². The van der Waals surface area contributed by atoms with Gasteiger partial charge in [-0.1, -0.05) is 24.6 Å². The quantitative estimate of drug-likeness (QED) is 0.663. The van der Waals surface area contributed by atoms with E-state index in [0.29, 0.717) is 11.6 Å². The summed E-state index contributed by atoms with van der Waals surface area (Å²) in [5.41, 5.74) is -0.906. The number of alkyl halides is 3. The molecule has 0 atom stereocenters. The Bertz CT molecular complexity index is 987. The molecule has 10 heteroatoms. The summed E-state index contributed by atoms with van der Waals surface area (Å²) in [7, 11) is -3.85. The summed E-state index contributed by atoms with van der Waals surface area (Å²) < 4.78 is 69.7. The third kappa shape index (κ3) is 5.39. The number of carboxylic acids is 1. The van der Waals surface area contributed by atoms with Crippen molar-refractivity contribution in [1.82, 2.24) is 0 Å². The molecular formula is C18H16ClF3O5S. The predicted molar refractivity (Wildman–Crippen MR) is 96.7 cm³/mol. The van der Waals surface area contributed by atoms with Gasteiger partial charge in [-0.15, -0.1) is 0 Å². The number of halogens is 4. The van der Waals surface area contributed by atoms with Crippen molar-refractivity contribution < 1.29 is 36.2 Å². The Hall–Kier alpha value is -2.26. The average molecular weight is 437 g/mol. The molecular weight excluding hydrogens is 421 g/mol. The lowest BCUT2D eigenvalue weighted by molar-refractivity contribution is -0.139. The molecule has 1 N–H and O–H groups in total. The predicted octanol–water partition coefficient (Wildman–Crippen LogP) is 4.96. The van der Waals surface area contributed by atoms with Gasteiger partial charge in [0, 0.05) is 11.4 Å². The van der Waals surface area contributed by atoms with Crippen LogP contribution in [0.5, 0.6) is 11.5 Å².